The maximum atomic E-state index is 12.3. The van der Waals surface area contributed by atoms with Gasteiger partial charge in [-0.05, 0) is 38.1 Å². The van der Waals surface area contributed by atoms with Crippen molar-refractivity contribution >= 4 is 16.8 Å². The largest absolute Gasteiger partial charge is 0.331 e. The summed E-state index contributed by atoms with van der Waals surface area (Å²) in [6.07, 6.45) is 0.943. The molecule has 1 aromatic carbocycles. The van der Waals surface area contributed by atoms with Gasteiger partial charge in [-0.1, -0.05) is 0 Å². The van der Waals surface area contributed by atoms with E-state index in [0.717, 1.165) is 41.9 Å². The van der Waals surface area contributed by atoms with E-state index in [1.807, 2.05) is 36.7 Å². The fourth-order valence-corrected chi connectivity index (χ4v) is 2.59. The minimum atomic E-state index is 0.132. The predicted molar refractivity (Wildman–Crippen MR) is 70.8 cm³/mol. The number of rotatable bonds is 2. The molecule has 0 amide bonds. The van der Waals surface area contributed by atoms with Gasteiger partial charge in [0.2, 0.25) is 0 Å². The van der Waals surface area contributed by atoms with Crippen LogP contribution >= 0.6 is 0 Å². The molecular formula is C14H17N3O. The number of Topliss-reactive ketones (excluding diaryl/α,β-unsaturated/α-hetero) is 1. The third-order valence-corrected chi connectivity index (χ3v) is 3.82. The normalized spacial score (nSPS) is 19.6. The van der Waals surface area contributed by atoms with Crippen LogP contribution in [0.5, 0.6) is 0 Å². The summed E-state index contributed by atoms with van der Waals surface area (Å²) in [6, 6.07) is 5.83. The second-order valence-corrected chi connectivity index (χ2v) is 4.98. The van der Waals surface area contributed by atoms with Gasteiger partial charge in [0.25, 0.3) is 0 Å². The van der Waals surface area contributed by atoms with Crippen LogP contribution in [0.1, 0.15) is 22.6 Å². The van der Waals surface area contributed by atoms with Crippen molar-refractivity contribution in [2.75, 3.05) is 13.1 Å². The summed E-state index contributed by atoms with van der Waals surface area (Å²) < 4.78 is 2.04. The van der Waals surface area contributed by atoms with Gasteiger partial charge in [0.05, 0.1) is 11.0 Å². The van der Waals surface area contributed by atoms with Crippen LogP contribution in [0.15, 0.2) is 18.2 Å². The predicted octanol–water partition coefficient (Wildman–Crippen LogP) is 1.67. The third kappa shape index (κ3) is 1.73. The Morgan fingerprint density at radius 2 is 2.33 bits per heavy atom. The van der Waals surface area contributed by atoms with Crippen LogP contribution in [-0.2, 0) is 7.05 Å². The smallest absolute Gasteiger partial charge is 0.167 e. The molecule has 2 aromatic rings. The monoisotopic (exact) mass is 243 g/mol. The summed E-state index contributed by atoms with van der Waals surface area (Å²) in [5.74, 6) is 1.34. The van der Waals surface area contributed by atoms with Crippen molar-refractivity contribution in [1.82, 2.24) is 14.9 Å². The number of fused-ring (bicyclic) bond motifs is 1. The highest BCUT2D eigenvalue weighted by molar-refractivity contribution is 6.00. The number of nitrogens with one attached hydrogen (secondary N) is 1. The van der Waals surface area contributed by atoms with Crippen molar-refractivity contribution in [2.45, 2.75) is 13.3 Å². The lowest BCUT2D eigenvalue weighted by atomic mass is 9.97. The number of carbonyl (C=O) groups excluding carboxylic acids is 1. The van der Waals surface area contributed by atoms with Crippen LogP contribution in [-0.4, -0.2) is 28.4 Å². The minimum Gasteiger partial charge on any atom is -0.331 e. The third-order valence-electron chi connectivity index (χ3n) is 3.82. The number of benzene rings is 1. The number of aromatic nitrogens is 2. The Morgan fingerprint density at radius 3 is 3.06 bits per heavy atom. The zero-order valence-electron chi connectivity index (χ0n) is 10.7. The molecule has 1 fully saturated rings. The Balaban J connectivity index is 2.00. The highest BCUT2D eigenvalue weighted by atomic mass is 16.1. The molecule has 94 valence electrons. The Bertz CT molecular complexity index is 609. The van der Waals surface area contributed by atoms with E-state index < -0.39 is 0 Å². The number of hydrogen-bond acceptors (Lipinski definition) is 3. The molecule has 0 radical (unpaired) electrons. The molecule has 3 rings (SSSR count). The second-order valence-electron chi connectivity index (χ2n) is 4.98. The maximum absolute atomic E-state index is 12.3. The van der Waals surface area contributed by atoms with Gasteiger partial charge in [-0.2, -0.15) is 0 Å². The number of imidazole rings is 1. The van der Waals surface area contributed by atoms with Crippen molar-refractivity contribution in [3.63, 3.8) is 0 Å². The number of hydrogen-bond donors (Lipinski definition) is 1. The van der Waals surface area contributed by atoms with Crippen molar-refractivity contribution < 1.29 is 4.79 Å². The van der Waals surface area contributed by atoms with Crippen LogP contribution in [0.2, 0.25) is 0 Å². The number of aryl methyl sites for hydroxylation is 2. The van der Waals surface area contributed by atoms with Crippen LogP contribution in [0.25, 0.3) is 11.0 Å². The van der Waals surface area contributed by atoms with Gasteiger partial charge in [0.1, 0.15) is 5.82 Å². The van der Waals surface area contributed by atoms with Crippen LogP contribution in [0.4, 0.5) is 0 Å². The first kappa shape index (κ1) is 11.4. The first-order valence-corrected chi connectivity index (χ1v) is 6.35. The van der Waals surface area contributed by atoms with Crippen molar-refractivity contribution in [3.8, 4) is 0 Å². The van der Waals surface area contributed by atoms with E-state index in [1.165, 1.54) is 0 Å². The van der Waals surface area contributed by atoms with E-state index in [9.17, 15) is 4.79 Å². The van der Waals surface area contributed by atoms with Crippen LogP contribution in [0.3, 0.4) is 0 Å². The summed E-state index contributed by atoms with van der Waals surface area (Å²) in [4.78, 5) is 16.8. The van der Waals surface area contributed by atoms with E-state index in [1.54, 1.807) is 0 Å². The molecule has 0 aliphatic carbocycles. The molecular weight excluding hydrogens is 226 g/mol. The lowest BCUT2D eigenvalue weighted by molar-refractivity contribution is 0.0930. The first-order chi connectivity index (χ1) is 8.66. The lowest BCUT2D eigenvalue weighted by Crippen LogP contribution is -2.17. The number of ketones is 1. The number of nitrogens with zero attached hydrogens (tertiary/aromatic N) is 2. The van der Waals surface area contributed by atoms with Gasteiger partial charge in [-0.25, -0.2) is 4.98 Å². The van der Waals surface area contributed by atoms with E-state index >= 15 is 0 Å². The molecule has 18 heavy (non-hydrogen) atoms. The second kappa shape index (κ2) is 4.21. The molecule has 1 atom stereocenters. The molecule has 1 aliphatic rings. The van der Waals surface area contributed by atoms with Crippen molar-refractivity contribution in [1.29, 1.82) is 0 Å². The number of carbonyl (C=O) groups is 1. The van der Waals surface area contributed by atoms with Gasteiger partial charge in [-0.15, -0.1) is 0 Å². The van der Waals surface area contributed by atoms with Gasteiger partial charge in [-0.3, -0.25) is 4.79 Å². The molecule has 1 saturated heterocycles. The average molecular weight is 243 g/mol. The SMILES string of the molecule is Cc1nc2cc(C(=O)C3CCNC3)ccc2n1C. The van der Waals surface area contributed by atoms with Crippen molar-refractivity contribution in [2.24, 2.45) is 13.0 Å². The molecule has 1 N–H and O–H groups in total. The van der Waals surface area contributed by atoms with E-state index in [2.05, 4.69) is 10.3 Å². The summed E-state index contributed by atoms with van der Waals surface area (Å²) in [7, 11) is 1.99. The average Bonchev–Trinajstić information content (AvgIpc) is 2.98. The molecule has 0 bridgehead atoms. The summed E-state index contributed by atoms with van der Waals surface area (Å²) >= 11 is 0. The Kier molecular flexibility index (Phi) is 2.67. The highest BCUT2D eigenvalue weighted by Crippen LogP contribution is 2.20. The van der Waals surface area contributed by atoms with Crippen LogP contribution in [0, 0.1) is 12.8 Å². The minimum absolute atomic E-state index is 0.132. The molecule has 1 aromatic heterocycles. The molecule has 0 spiro atoms. The molecule has 1 aliphatic heterocycles. The van der Waals surface area contributed by atoms with Crippen molar-refractivity contribution in [3.05, 3.63) is 29.6 Å². The molecule has 4 nitrogen and oxygen atoms in total. The van der Waals surface area contributed by atoms with Crippen LogP contribution < -0.4 is 5.32 Å². The summed E-state index contributed by atoms with van der Waals surface area (Å²) in [6.45, 7) is 3.72. The maximum Gasteiger partial charge on any atom is 0.167 e. The van der Waals surface area contributed by atoms with Gasteiger partial charge >= 0.3 is 0 Å². The Labute approximate surface area is 106 Å². The van der Waals surface area contributed by atoms with E-state index in [-0.39, 0.29) is 11.7 Å². The molecule has 0 saturated carbocycles. The zero-order chi connectivity index (χ0) is 12.7. The topological polar surface area (TPSA) is 46.9 Å². The molecule has 1 unspecified atom stereocenters. The Hall–Kier alpha value is -1.68. The lowest BCUT2D eigenvalue weighted by Gasteiger charge is -2.07. The quantitative estimate of drug-likeness (QED) is 0.816. The summed E-state index contributed by atoms with van der Waals surface area (Å²) in [5, 5.41) is 3.23. The highest BCUT2D eigenvalue weighted by Gasteiger charge is 2.23. The van der Waals surface area contributed by atoms with Gasteiger partial charge in [0.15, 0.2) is 5.78 Å². The van der Waals surface area contributed by atoms with Gasteiger partial charge < -0.3 is 9.88 Å². The molecule has 2 heterocycles. The fourth-order valence-electron chi connectivity index (χ4n) is 2.59. The Morgan fingerprint density at radius 1 is 1.50 bits per heavy atom. The van der Waals surface area contributed by atoms with Gasteiger partial charge in [0, 0.05) is 25.1 Å². The molecule has 4 heteroatoms. The standard InChI is InChI=1S/C14H17N3O/c1-9-16-12-7-10(3-4-13(12)17(9)2)14(18)11-5-6-15-8-11/h3-4,7,11,15H,5-6,8H2,1-2H3. The van der Waals surface area contributed by atoms with E-state index in [4.69, 9.17) is 0 Å². The zero-order valence-corrected chi connectivity index (χ0v) is 10.7. The summed E-state index contributed by atoms with van der Waals surface area (Å²) in [5.41, 5.74) is 2.77. The fraction of sp³-hybridized carbons (Fsp3) is 0.429. The first-order valence-electron chi connectivity index (χ1n) is 6.35. The van der Waals surface area contributed by atoms with E-state index in [0.29, 0.717) is 0 Å².